The second-order valence-electron chi connectivity index (χ2n) is 7.74. The van der Waals surface area contributed by atoms with Gasteiger partial charge in [-0.2, -0.15) is 0 Å². The summed E-state index contributed by atoms with van der Waals surface area (Å²) in [5.41, 5.74) is 1.56. The van der Waals surface area contributed by atoms with Crippen LogP contribution in [0, 0.1) is 3.57 Å². The maximum absolute atomic E-state index is 11.8. The van der Waals surface area contributed by atoms with Crippen LogP contribution in [0.4, 0.5) is 5.69 Å². The van der Waals surface area contributed by atoms with Crippen LogP contribution in [0.3, 0.4) is 0 Å². The highest BCUT2D eigenvalue weighted by Crippen LogP contribution is 2.35. The number of methoxy groups -OCH3 is 1. The molecule has 4 unspecified atom stereocenters. The Bertz CT molecular complexity index is 1150. The van der Waals surface area contributed by atoms with Crippen LogP contribution in [0.1, 0.15) is 11.9 Å². The highest BCUT2D eigenvalue weighted by Gasteiger charge is 2.49. The first-order chi connectivity index (χ1) is 15.5. The summed E-state index contributed by atoms with van der Waals surface area (Å²) in [6, 6.07) is 15.8. The molecule has 168 valence electrons. The van der Waals surface area contributed by atoms with E-state index in [1.165, 1.54) is 13.2 Å². The Morgan fingerprint density at radius 1 is 1.12 bits per heavy atom. The van der Waals surface area contributed by atoms with Crippen LogP contribution in [-0.4, -0.2) is 49.5 Å². The molecule has 0 bridgehead atoms. The molecule has 0 amide bonds. The van der Waals surface area contributed by atoms with Crippen molar-refractivity contribution in [3.63, 3.8) is 0 Å². The number of aliphatic hydroxyl groups is 1. The Hall–Kier alpha value is -2.02. The van der Waals surface area contributed by atoms with E-state index in [4.69, 9.17) is 23.4 Å². The first-order valence-electron chi connectivity index (χ1n) is 10.2. The van der Waals surface area contributed by atoms with Crippen molar-refractivity contribution in [2.75, 3.05) is 19.0 Å². The molecule has 2 fully saturated rings. The molecule has 0 spiro atoms. The van der Waals surface area contributed by atoms with Crippen LogP contribution in [0.25, 0.3) is 11.0 Å². The molecule has 6 atom stereocenters. The maximum atomic E-state index is 11.8. The molecule has 2 aliphatic heterocycles. The van der Waals surface area contributed by atoms with Crippen molar-refractivity contribution in [1.82, 2.24) is 0 Å². The first kappa shape index (κ1) is 21.8. The largest absolute Gasteiger partial charge is 0.423 e. The first-order valence-corrected chi connectivity index (χ1v) is 11.3. The molecule has 0 aliphatic carbocycles. The molecule has 3 aromatic rings. The van der Waals surface area contributed by atoms with Crippen molar-refractivity contribution in [3.05, 3.63) is 74.2 Å². The number of halogens is 1. The van der Waals surface area contributed by atoms with Crippen molar-refractivity contribution in [2.45, 2.75) is 36.9 Å². The zero-order chi connectivity index (χ0) is 22.2. The van der Waals surface area contributed by atoms with E-state index in [9.17, 15) is 9.90 Å². The van der Waals surface area contributed by atoms with Crippen molar-refractivity contribution in [2.24, 2.45) is 0 Å². The van der Waals surface area contributed by atoms with Gasteiger partial charge in [0.05, 0.1) is 6.61 Å². The number of nitrogens with one attached hydrogen (secondary N) is 1. The average Bonchev–Trinajstić information content (AvgIpc) is 2.80. The van der Waals surface area contributed by atoms with Gasteiger partial charge in [0.25, 0.3) is 0 Å². The third-order valence-electron chi connectivity index (χ3n) is 5.70. The van der Waals surface area contributed by atoms with Gasteiger partial charge in [-0.1, -0.05) is 30.3 Å². The summed E-state index contributed by atoms with van der Waals surface area (Å²) in [5.74, 6) is 0. The summed E-state index contributed by atoms with van der Waals surface area (Å²) >= 11 is 2.10. The number of benzene rings is 2. The normalized spacial score (nSPS) is 30.1. The van der Waals surface area contributed by atoms with E-state index in [1.54, 1.807) is 6.07 Å². The number of hydrogen-bond acceptors (Lipinski definition) is 8. The lowest BCUT2D eigenvalue weighted by Crippen LogP contribution is -2.64. The number of anilines is 1. The van der Waals surface area contributed by atoms with E-state index in [1.807, 2.05) is 42.5 Å². The standard InChI is InChI=1S/C23H22INO7/c1-28-23-19(25-13-7-8-14-15(24)10-18(26)30-16(14)9-13)20(27)21-17(31-23)11-29-22(32-21)12-5-3-2-4-6-12/h2-10,17,19-23,25,27H,11H2,1H3/t17?,19?,20?,21-,22?,23+/m1/s1. The van der Waals surface area contributed by atoms with Gasteiger partial charge in [-0.3, -0.25) is 0 Å². The maximum Gasteiger partial charge on any atom is 0.337 e. The molecular formula is C23H22INO7. The fourth-order valence-electron chi connectivity index (χ4n) is 4.13. The quantitative estimate of drug-likeness (QED) is 0.378. The lowest BCUT2D eigenvalue weighted by Gasteiger charge is -2.47. The van der Waals surface area contributed by atoms with Gasteiger partial charge in [0.1, 0.15) is 29.9 Å². The van der Waals surface area contributed by atoms with Gasteiger partial charge in [0.2, 0.25) is 0 Å². The van der Waals surface area contributed by atoms with Gasteiger partial charge < -0.3 is 33.8 Å². The minimum Gasteiger partial charge on any atom is -0.423 e. The number of hydrogen-bond donors (Lipinski definition) is 2. The summed E-state index contributed by atoms with van der Waals surface area (Å²) < 4.78 is 29.6. The predicted octanol–water partition coefficient (Wildman–Crippen LogP) is 3.02. The SMILES string of the molecule is CO[C@H]1OC2COC(c3ccccc3)O[C@H]2C(O)C1Nc1ccc2c(I)cc(=O)oc2c1. The monoisotopic (exact) mass is 551 g/mol. The smallest absolute Gasteiger partial charge is 0.337 e. The lowest BCUT2D eigenvalue weighted by atomic mass is 9.95. The Morgan fingerprint density at radius 2 is 1.94 bits per heavy atom. The van der Waals surface area contributed by atoms with E-state index >= 15 is 0 Å². The van der Waals surface area contributed by atoms with Gasteiger partial charge in [0, 0.05) is 39.4 Å². The summed E-state index contributed by atoms with van der Waals surface area (Å²) in [7, 11) is 1.52. The molecule has 9 heteroatoms. The molecule has 3 heterocycles. The Morgan fingerprint density at radius 3 is 2.72 bits per heavy atom. The number of ether oxygens (including phenoxy) is 4. The number of aliphatic hydroxyl groups excluding tert-OH is 1. The van der Waals surface area contributed by atoms with E-state index < -0.39 is 42.6 Å². The summed E-state index contributed by atoms with van der Waals surface area (Å²) in [4.78, 5) is 11.8. The van der Waals surface area contributed by atoms with E-state index in [0.29, 0.717) is 11.3 Å². The van der Waals surface area contributed by atoms with Crippen LogP contribution in [0.15, 0.2) is 63.8 Å². The average molecular weight is 551 g/mol. The Labute approximate surface area is 197 Å². The second-order valence-corrected chi connectivity index (χ2v) is 8.90. The van der Waals surface area contributed by atoms with Crippen LogP contribution >= 0.6 is 22.6 Å². The molecule has 0 radical (unpaired) electrons. The van der Waals surface area contributed by atoms with Crippen molar-refractivity contribution >= 4 is 39.2 Å². The van der Waals surface area contributed by atoms with Crippen LogP contribution in [0.5, 0.6) is 0 Å². The fraction of sp³-hybridized carbons (Fsp3) is 0.348. The Balaban J connectivity index is 1.39. The van der Waals surface area contributed by atoms with Gasteiger partial charge in [-0.15, -0.1) is 0 Å². The molecule has 32 heavy (non-hydrogen) atoms. The molecule has 2 N–H and O–H groups in total. The molecule has 2 aliphatic rings. The number of fused-ring (bicyclic) bond motifs is 2. The fourth-order valence-corrected chi connectivity index (χ4v) is 4.83. The van der Waals surface area contributed by atoms with Gasteiger partial charge in [0.15, 0.2) is 12.6 Å². The van der Waals surface area contributed by atoms with Crippen LogP contribution in [0.2, 0.25) is 0 Å². The van der Waals surface area contributed by atoms with Crippen LogP contribution < -0.4 is 10.9 Å². The van der Waals surface area contributed by atoms with Crippen LogP contribution in [-0.2, 0) is 18.9 Å². The molecule has 1 aromatic heterocycles. The van der Waals surface area contributed by atoms with Crippen molar-refractivity contribution in [3.8, 4) is 0 Å². The molecular weight excluding hydrogens is 529 g/mol. The highest BCUT2D eigenvalue weighted by molar-refractivity contribution is 14.1. The molecule has 2 saturated heterocycles. The van der Waals surface area contributed by atoms with E-state index in [2.05, 4.69) is 27.9 Å². The summed E-state index contributed by atoms with van der Waals surface area (Å²) in [6.45, 7) is 0.271. The van der Waals surface area contributed by atoms with Gasteiger partial charge in [-0.05, 0) is 34.7 Å². The minimum atomic E-state index is -0.938. The van der Waals surface area contributed by atoms with Gasteiger partial charge in [-0.25, -0.2) is 4.79 Å². The third-order valence-corrected chi connectivity index (χ3v) is 6.59. The van der Waals surface area contributed by atoms with E-state index in [-0.39, 0.29) is 6.61 Å². The summed E-state index contributed by atoms with van der Waals surface area (Å²) in [5, 5.41) is 15.3. The zero-order valence-electron chi connectivity index (χ0n) is 17.1. The lowest BCUT2D eigenvalue weighted by molar-refractivity contribution is -0.337. The molecule has 2 aromatic carbocycles. The highest BCUT2D eigenvalue weighted by atomic mass is 127. The minimum absolute atomic E-state index is 0.271. The summed E-state index contributed by atoms with van der Waals surface area (Å²) in [6.07, 6.45) is -3.34. The predicted molar refractivity (Wildman–Crippen MR) is 124 cm³/mol. The number of rotatable bonds is 4. The zero-order valence-corrected chi connectivity index (χ0v) is 19.3. The molecule has 0 saturated carbocycles. The molecule has 8 nitrogen and oxygen atoms in total. The Kier molecular flexibility index (Phi) is 6.19. The topological polar surface area (TPSA) is 99.4 Å². The van der Waals surface area contributed by atoms with Crippen molar-refractivity contribution < 1.29 is 28.5 Å². The molecule has 5 rings (SSSR count). The van der Waals surface area contributed by atoms with Crippen molar-refractivity contribution in [1.29, 1.82) is 0 Å². The van der Waals surface area contributed by atoms with Gasteiger partial charge >= 0.3 is 5.63 Å². The van der Waals surface area contributed by atoms with E-state index in [0.717, 1.165) is 14.5 Å². The third kappa shape index (κ3) is 4.16. The second kappa shape index (κ2) is 9.08.